The van der Waals surface area contributed by atoms with Gasteiger partial charge in [0.15, 0.2) is 11.7 Å². The van der Waals surface area contributed by atoms with Gasteiger partial charge in [-0.15, -0.1) is 0 Å². The van der Waals surface area contributed by atoms with Crippen LogP contribution in [0, 0.1) is 0 Å². The SMILES string of the molecule is N/C(=N\NC(=O)OCc1ccccc1)C1(/C(N)=N/NC(=O)OCc2ccccc2)O[C@@H]1c1ccc(Cl)cc1. The molecule has 6 N–H and O–H groups in total. The molecule has 0 unspecified atom stereocenters. The number of amidine groups is 2. The Morgan fingerprint density at radius 1 is 0.789 bits per heavy atom. The number of amides is 2. The van der Waals surface area contributed by atoms with Crippen LogP contribution in [-0.4, -0.2) is 29.5 Å². The molecule has 3 aromatic rings. The smallest absolute Gasteiger partial charge is 0.428 e. The molecule has 4 rings (SSSR count). The van der Waals surface area contributed by atoms with E-state index in [1.807, 2.05) is 60.7 Å². The van der Waals surface area contributed by atoms with Crippen LogP contribution in [0.1, 0.15) is 22.8 Å². The van der Waals surface area contributed by atoms with Gasteiger partial charge in [-0.1, -0.05) is 84.4 Å². The fourth-order valence-corrected chi connectivity index (χ4v) is 3.63. The average Bonchev–Trinajstić information content (AvgIpc) is 3.71. The lowest BCUT2D eigenvalue weighted by Gasteiger charge is -2.13. The lowest BCUT2D eigenvalue weighted by molar-refractivity contribution is 0.139. The maximum Gasteiger partial charge on any atom is 0.428 e. The molecule has 12 heteroatoms. The molecule has 0 aliphatic carbocycles. The highest BCUT2D eigenvalue weighted by Crippen LogP contribution is 2.50. The van der Waals surface area contributed by atoms with Gasteiger partial charge in [-0.2, -0.15) is 10.2 Å². The molecule has 1 saturated heterocycles. The van der Waals surface area contributed by atoms with E-state index in [4.69, 9.17) is 37.3 Å². The van der Waals surface area contributed by atoms with Crippen molar-refractivity contribution in [3.05, 3.63) is 107 Å². The quantitative estimate of drug-likeness (QED) is 0.140. The molecule has 1 heterocycles. The molecule has 38 heavy (non-hydrogen) atoms. The highest BCUT2D eigenvalue weighted by molar-refractivity contribution is 6.30. The van der Waals surface area contributed by atoms with Crippen LogP contribution < -0.4 is 22.3 Å². The van der Waals surface area contributed by atoms with E-state index in [-0.39, 0.29) is 24.9 Å². The van der Waals surface area contributed by atoms with Crippen molar-refractivity contribution in [3.8, 4) is 0 Å². The molecule has 1 fully saturated rings. The summed E-state index contributed by atoms with van der Waals surface area (Å²) in [5.74, 6) is -0.426. The third-order valence-corrected chi connectivity index (χ3v) is 5.76. The first-order valence-corrected chi connectivity index (χ1v) is 11.8. The second-order valence-corrected chi connectivity index (χ2v) is 8.56. The third-order valence-electron chi connectivity index (χ3n) is 5.51. The summed E-state index contributed by atoms with van der Waals surface area (Å²) in [6.07, 6.45) is -2.39. The Hall–Kier alpha value is -4.61. The Balaban J connectivity index is 1.44. The highest BCUT2D eigenvalue weighted by atomic mass is 35.5. The van der Waals surface area contributed by atoms with E-state index >= 15 is 0 Å². The van der Waals surface area contributed by atoms with Crippen molar-refractivity contribution in [2.24, 2.45) is 21.7 Å². The summed E-state index contributed by atoms with van der Waals surface area (Å²) in [6.45, 7) is 0.0749. The molecule has 1 aliphatic rings. The van der Waals surface area contributed by atoms with Gasteiger partial charge in [-0.25, -0.2) is 20.4 Å². The van der Waals surface area contributed by atoms with Crippen molar-refractivity contribution in [2.45, 2.75) is 24.9 Å². The number of benzene rings is 3. The fraction of sp³-hybridized carbons (Fsp3) is 0.154. The van der Waals surface area contributed by atoms with E-state index in [1.165, 1.54) is 0 Å². The summed E-state index contributed by atoms with van der Waals surface area (Å²) in [4.78, 5) is 24.3. The van der Waals surface area contributed by atoms with Crippen LogP contribution in [0.2, 0.25) is 5.02 Å². The number of hydrogen-bond donors (Lipinski definition) is 4. The number of epoxide rings is 1. The molecule has 0 aromatic heterocycles. The molecular formula is C26H25ClN6O5. The number of nitrogens with zero attached hydrogens (tertiary/aromatic N) is 2. The van der Waals surface area contributed by atoms with E-state index in [0.717, 1.165) is 11.1 Å². The molecule has 0 spiro atoms. The van der Waals surface area contributed by atoms with Crippen molar-refractivity contribution >= 4 is 35.5 Å². The molecule has 2 amide bonds. The van der Waals surface area contributed by atoms with Gasteiger partial charge in [-0.05, 0) is 28.8 Å². The number of hydrazone groups is 2. The molecule has 11 nitrogen and oxygen atoms in total. The van der Waals surface area contributed by atoms with Crippen molar-refractivity contribution in [1.82, 2.24) is 10.9 Å². The number of rotatable bonds is 9. The zero-order chi connectivity index (χ0) is 27.0. The van der Waals surface area contributed by atoms with Crippen LogP contribution in [0.25, 0.3) is 0 Å². The second kappa shape index (κ2) is 12.1. The first kappa shape index (κ1) is 26.5. The largest absolute Gasteiger partial charge is 0.443 e. The Morgan fingerprint density at radius 3 is 1.68 bits per heavy atom. The summed E-state index contributed by atoms with van der Waals surface area (Å²) in [7, 11) is 0. The van der Waals surface area contributed by atoms with E-state index in [1.54, 1.807) is 24.3 Å². The predicted octanol–water partition coefficient (Wildman–Crippen LogP) is 3.55. The van der Waals surface area contributed by atoms with Crippen LogP contribution in [0.15, 0.2) is 95.1 Å². The Bertz CT molecular complexity index is 1250. The van der Waals surface area contributed by atoms with Gasteiger partial charge in [0.25, 0.3) is 0 Å². The molecule has 0 saturated carbocycles. The van der Waals surface area contributed by atoms with Crippen LogP contribution in [0.3, 0.4) is 0 Å². The molecule has 1 aliphatic heterocycles. The van der Waals surface area contributed by atoms with Gasteiger partial charge in [0, 0.05) is 5.02 Å². The first-order chi connectivity index (χ1) is 18.4. The second-order valence-electron chi connectivity index (χ2n) is 8.13. The lowest BCUT2D eigenvalue weighted by atomic mass is 9.97. The van der Waals surface area contributed by atoms with Crippen molar-refractivity contribution in [1.29, 1.82) is 0 Å². The summed E-state index contributed by atoms with van der Waals surface area (Å²) in [5.41, 5.74) is 17.5. The average molecular weight is 537 g/mol. The summed E-state index contributed by atoms with van der Waals surface area (Å²) >= 11 is 5.99. The van der Waals surface area contributed by atoms with Crippen LogP contribution >= 0.6 is 11.6 Å². The van der Waals surface area contributed by atoms with Crippen molar-refractivity contribution < 1.29 is 23.8 Å². The van der Waals surface area contributed by atoms with E-state index in [2.05, 4.69) is 21.1 Å². The topological polar surface area (TPSA) is 166 Å². The summed E-state index contributed by atoms with van der Waals surface area (Å²) < 4.78 is 16.1. The van der Waals surface area contributed by atoms with Crippen molar-refractivity contribution in [3.63, 3.8) is 0 Å². The van der Waals surface area contributed by atoms with E-state index < -0.39 is 23.9 Å². The maximum atomic E-state index is 12.1. The molecule has 0 radical (unpaired) electrons. The van der Waals surface area contributed by atoms with Gasteiger partial charge in [0.1, 0.15) is 19.3 Å². The number of ether oxygens (including phenoxy) is 3. The number of carbonyl (C=O) groups is 2. The van der Waals surface area contributed by atoms with Gasteiger partial charge in [0.2, 0.25) is 5.60 Å². The third kappa shape index (κ3) is 6.58. The molecule has 3 aromatic carbocycles. The number of hydrogen-bond acceptors (Lipinski definition) is 7. The molecular weight excluding hydrogens is 512 g/mol. The first-order valence-electron chi connectivity index (χ1n) is 11.4. The number of halogens is 1. The van der Waals surface area contributed by atoms with Gasteiger partial charge in [0.05, 0.1) is 0 Å². The number of carbonyl (C=O) groups excluding carboxylic acids is 2. The zero-order valence-electron chi connectivity index (χ0n) is 20.0. The minimum absolute atomic E-state index is 0.0375. The zero-order valence-corrected chi connectivity index (χ0v) is 20.8. The lowest BCUT2D eigenvalue weighted by Crippen LogP contribution is -2.47. The van der Waals surface area contributed by atoms with Gasteiger partial charge in [-0.3, -0.25) is 0 Å². The standard InChI is InChI=1S/C26H25ClN6O5/c27-20-13-11-19(12-14-20)21-26(38-21,22(28)30-32-24(34)36-15-17-7-3-1-4-8-17)23(29)31-33-25(35)37-16-18-9-5-2-6-10-18/h1-14,21H,15-16H2,(H2,28,30)(H2,29,31)(H,32,34)(H,33,35)/t21-/m1/s1. The van der Waals surface area contributed by atoms with Crippen LogP contribution in [-0.2, 0) is 27.4 Å². The molecule has 1 atom stereocenters. The van der Waals surface area contributed by atoms with Crippen molar-refractivity contribution in [2.75, 3.05) is 0 Å². The minimum Gasteiger partial charge on any atom is -0.443 e. The predicted molar refractivity (Wildman–Crippen MR) is 141 cm³/mol. The Morgan fingerprint density at radius 2 is 1.24 bits per heavy atom. The van der Waals surface area contributed by atoms with E-state index in [0.29, 0.717) is 10.6 Å². The molecule has 196 valence electrons. The van der Waals surface area contributed by atoms with Gasteiger partial charge >= 0.3 is 12.2 Å². The van der Waals surface area contributed by atoms with Crippen LogP contribution in [0.5, 0.6) is 0 Å². The molecule has 0 bridgehead atoms. The van der Waals surface area contributed by atoms with Gasteiger partial charge < -0.3 is 25.7 Å². The highest BCUT2D eigenvalue weighted by Gasteiger charge is 2.64. The Kier molecular flexibility index (Phi) is 8.41. The summed E-state index contributed by atoms with van der Waals surface area (Å²) in [6, 6.07) is 25.0. The maximum absolute atomic E-state index is 12.1. The van der Waals surface area contributed by atoms with E-state index in [9.17, 15) is 9.59 Å². The Labute approximate surface area is 223 Å². The normalized spacial score (nSPS) is 18.8. The monoisotopic (exact) mass is 536 g/mol. The number of nitrogens with two attached hydrogens (primary N) is 2. The number of nitrogens with one attached hydrogen (secondary N) is 2. The minimum atomic E-state index is -1.55. The summed E-state index contributed by atoms with van der Waals surface area (Å²) in [5, 5.41) is 8.33. The fourth-order valence-electron chi connectivity index (χ4n) is 3.50. The van der Waals surface area contributed by atoms with Crippen LogP contribution in [0.4, 0.5) is 9.59 Å².